The fourth-order valence-corrected chi connectivity index (χ4v) is 1.83. The van der Waals surface area contributed by atoms with Crippen molar-refractivity contribution in [1.29, 1.82) is 0 Å². The van der Waals surface area contributed by atoms with Gasteiger partial charge in [-0.3, -0.25) is 4.98 Å². The van der Waals surface area contributed by atoms with Crippen LogP contribution in [-0.2, 0) is 0 Å². The number of hydrogen-bond donors (Lipinski definition) is 3. The zero-order valence-electron chi connectivity index (χ0n) is 11.0. The van der Waals surface area contributed by atoms with Gasteiger partial charge in [0.15, 0.2) is 0 Å². The average Bonchev–Trinajstić information content (AvgIpc) is 2.25. The van der Waals surface area contributed by atoms with Crippen LogP contribution in [0.4, 0.5) is 11.4 Å². The molecule has 0 bridgehead atoms. The molecule has 0 saturated carbocycles. The van der Waals surface area contributed by atoms with Gasteiger partial charge < -0.3 is 16.2 Å². The minimum Gasteiger partial charge on any atom is -0.399 e. The Morgan fingerprint density at radius 3 is 2.72 bits per heavy atom. The number of aliphatic hydroxyl groups is 1. The van der Waals surface area contributed by atoms with E-state index in [-0.39, 0.29) is 0 Å². The molecule has 4 heteroatoms. The number of aryl methyl sites for hydroxylation is 1. The Balaban J connectivity index is 2.44. The van der Waals surface area contributed by atoms with Crippen LogP contribution in [0.15, 0.2) is 24.3 Å². The van der Waals surface area contributed by atoms with Crippen molar-refractivity contribution in [1.82, 2.24) is 4.98 Å². The molecule has 0 radical (unpaired) electrons. The molecule has 1 aromatic heterocycles. The highest BCUT2D eigenvalue weighted by Gasteiger charge is 2.13. The Morgan fingerprint density at radius 2 is 2.06 bits per heavy atom. The number of aromatic nitrogens is 1. The van der Waals surface area contributed by atoms with Gasteiger partial charge >= 0.3 is 0 Å². The van der Waals surface area contributed by atoms with Crippen molar-refractivity contribution in [2.75, 3.05) is 17.6 Å². The number of anilines is 2. The van der Waals surface area contributed by atoms with Gasteiger partial charge in [-0.2, -0.15) is 0 Å². The lowest BCUT2D eigenvalue weighted by Gasteiger charge is -2.19. The van der Waals surface area contributed by atoms with Crippen LogP contribution in [-0.4, -0.2) is 22.2 Å². The number of fused-ring (bicyclic) bond motifs is 1. The second-order valence-corrected chi connectivity index (χ2v) is 5.25. The standard InChI is InChI=1S/C14H19N3O/c1-9-6-13(16-8-14(2,3)18)11-7-10(15)4-5-12(11)17-9/h4-7,18H,8,15H2,1-3H3,(H,16,17). The number of rotatable bonds is 3. The summed E-state index contributed by atoms with van der Waals surface area (Å²) in [4.78, 5) is 4.46. The lowest BCUT2D eigenvalue weighted by atomic mass is 10.1. The van der Waals surface area contributed by atoms with Gasteiger partial charge in [-0.05, 0) is 45.0 Å². The van der Waals surface area contributed by atoms with E-state index < -0.39 is 5.60 Å². The predicted molar refractivity (Wildman–Crippen MR) is 75.7 cm³/mol. The fraction of sp³-hybridized carbons (Fsp3) is 0.357. The number of hydrogen-bond acceptors (Lipinski definition) is 4. The lowest BCUT2D eigenvalue weighted by Crippen LogP contribution is -2.29. The van der Waals surface area contributed by atoms with E-state index in [0.29, 0.717) is 12.2 Å². The maximum atomic E-state index is 9.77. The van der Waals surface area contributed by atoms with Crippen LogP contribution in [0.5, 0.6) is 0 Å². The monoisotopic (exact) mass is 245 g/mol. The summed E-state index contributed by atoms with van der Waals surface area (Å²) in [6.07, 6.45) is 0. The number of benzene rings is 1. The molecule has 0 aliphatic carbocycles. The highest BCUT2D eigenvalue weighted by atomic mass is 16.3. The summed E-state index contributed by atoms with van der Waals surface area (Å²) in [5.41, 5.74) is 8.55. The molecular weight excluding hydrogens is 226 g/mol. The molecule has 4 nitrogen and oxygen atoms in total. The van der Waals surface area contributed by atoms with E-state index in [1.165, 1.54) is 0 Å². The number of nitrogen functional groups attached to an aromatic ring is 1. The molecule has 0 amide bonds. The van der Waals surface area contributed by atoms with Gasteiger partial charge in [0.1, 0.15) is 0 Å². The van der Waals surface area contributed by atoms with E-state index in [1.807, 2.05) is 31.2 Å². The number of nitrogens with one attached hydrogen (secondary N) is 1. The third-order valence-corrected chi connectivity index (χ3v) is 2.67. The molecule has 1 heterocycles. The minimum absolute atomic E-state index is 0.473. The second kappa shape index (κ2) is 4.46. The van der Waals surface area contributed by atoms with E-state index in [4.69, 9.17) is 5.73 Å². The molecule has 0 spiro atoms. The predicted octanol–water partition coefficient (Wildman–Crippen LogP) is 2.31. The molecule has 0 aliphatic heterocycles. The zero-order valence-corrected chi connectivity index (χ0v) is 11.0. The SMILES string of the molecule is Cc1cc(NCC(C)(C)O)c2cc(N)ccc2n1. The van der Waals surface area contributed by atoms with Gasteiger partial charge in [-0.15, -0.1) is 0 Å². The van der Waals surface area contributed by atoms with Gasteiger partial charge in [0.25, 0.3) is 0 Å². The first-order chi connectivity index (χ1) is 8.35. The van der Waals surface area contributed by atoms with E-state index in [2.05, 4.69) is 10.3 Å². The second-order valence-electron chi connectivity index (χ2n) is 5.25. The molecule has 0 saturated heterocycles. The normalized spacial score (nSPS) is 11.8. The highest BCUT2D eigenvalue weighted by molar-refractivity contribution is 5.93. The van der Waals surface area contributed by atoms with Gasteiger partial charge in [0, 0.05) is 29.0 Å². The molecule has 4 N–H and O–H groups in total. The highest BCUT2D eigenvalue weighted by Crippen LogP contribution is 2.25. The summed E-state index contributed by atoms with van der Waals surface area (Å²) in [6.45, 7) is 5.96. The molecule has 0 aliphatic rings. The molecule has 0 fully saturated rings. The van der Waals surface area contributed by atoms with Crippen molar-refractivity contribution in [3.05, 3.63) is 30.0 Å². The zero-order chi connectivity index (χ0) is 13.3. The average molecular weight is 245 g/mol. The first kappa shape index (κ1) is 12.6. The van der Waals surface area contributed by atoms with E-state index in [0.717, 1.165) is 22.3 Å². The summed E-state index contributed by atoms with van der Waals surface area (Å²) in [7, 11) is 0. The van der Waals surface area contributed by atoms with Crippen LogP contribution in [0.3, 0.4) is 0 Å². The molecule has 2 rings (SSSR count). The maximum Gasteiger partial charge on any atom is 0.0763 e. The van der Waals surface area contributed by atoms with Gasteiger partial charge in [0.05, 0.1) is 11.1 Å². The summed E-state index contributed by atoms with van der Waals surface area (Å²) in [5, 5.41) is 14.0. The maximum absolute atomic E-state index is 9.77. The number of nitrogens with zero attached hydrogens (tertiary/aromatic N) is 1. The Hall–Kier alpha value is -1.81. The summed E-state index contributed by atoms with van der Waals surface area (Å²) >= 11 is 0. The topological polar surface area (TPSA) is 71.2 Å². The van der Waals surface area contributed by atoms with Crippen molar-refractivity contribution in [3.63, 3.8) is 0 Å². The number of pyridine rings is 1. The summed E-state index contributed by atoms with van der Waals surface area (Å²) < 4.78 is 0. The molecule has 0 unspecified atom stereocenters. The summed E-state index contributed by atoms with van der Waals surface area (Å²) in [5.74, 6) is 0. The van der Waals surface area contributed by atoms with Crippen molar-refractivity contribution in [3.8, 4) is 0 Å². The minimum atomic E-state index is -0.760. The van der Waals surface area contributed by atoms with Crippen molar-refractivity contribution < 1.29 is 5.11 Å². The molecular formula is C14H19N3O. The van der Waals surface area contributed by atoms with Crippen molar-refractivity contribution in [2.45, 2.75) is 26.4 Å². The van der Waals surface area contributed by atoms with Crippen LogP contribution >= 0.6 is 0 Å². The Bertz CT molecular complexity index is 573. The molecule has 0 atom stereocenters. The third-order valence-electron chi connectivity index (χ3n) is 2.67. The van der Waals surface area contributed by atoms with Crippen molar-refractivity contribution in [2.24, 2.45) is 0 Å². The van der Waals surface area contributed by atoms with Gasteiger partial charge in [-0.25, -0.2) is 0 Å². The first-order valence-electron chi connectivity index (χ1n) is 5.98. The third kappa shape index (κ3) is 2.90. The van der Waals surface area contributed by atoms with Crippen LogP contribution in [0.25, 0.3) is 10.9 Å². The fourth-order valence-electron chi connectivity index (χ4n) is 1.83. The van der Waals surface area contributed by atoms with E-state index in [1.54, 1.807) is 13.8 Å². The Morgan fingerprint density at radius 1 is 1.33 bits per heavy atom. The molecule has 1 aromatic carbocycles. The van der Waals surface area contributed by atoms with Crippen molar-refractivity contribution >= 4 is 22.3 Å². The smallest absolute Gasteiger partial charge is 0.0763 e. The van der Waals surface area contributed by atoms with Crippen LogP contribution in [0, 0.1) is 6.92 Å². The quantitative estimate of drug-likeness (QED) is 0.726. The molecule has 2 aromatic rings. The van der Waals surface area contributed by atoms with Crippen LogP contribution < -0.4 is 11.1 Å². The lowest BCUT2D eigenvalue weighted by molar-refractivity contribution is 0.0945. The van der Waals surface area contributed by atoms with Crippen LogP contribution in [0.1, 0.15) is 19.5 Å². The van der Waals surface area contributed by atoms with E-state index in [9.17, 15) is 5.11 Å². The Kier molecular flexibility index (Phi) is 3.13. The van der Waals surface area contributed by atoms with Gasteiger partial charge in [0.2, 0.25) is 0 Å². The number of nitrogens with two attached hydrogens (primary N) is 1. The largest absolute Gasteiger partial charge is 0.399 e. The summed E-state index contributed by atoms with van der Waals surface area (Å²) in [6, 6.07) is 7.61. The Labute approximate surface area is 107 Å². The first-order valence-corrected chi connectivity index (χ1v) is 5.98. The van der Waals surface area contributed by atoms with Gasteiger partial charge in [-0.1, -0.05) is 0 Å². The van der Waals surface area contributed by atoms with Crippen LogP contribution in [0.2, 0.25) is 0 Å². The molecule has 18 heavy (non-hydrogen) atoms. The van der Waals surface area contributed by atoms with E-state index >= 15 is 0 Å². The molecule has 96 valence electrons.